The van der Waals surface area contributed by atoms with Crippen LogP contribution in [0.25, 0.3) is 0 Å². The zero-order valence-electron chi connectivity index (χ0n) is 9.83. The molecule has 0 saturated heterocycles. The van der Waals surface area contributed by atoms with Crippen molar-refractivity contribution in [2.75, 3.05) is 17.8 Å². The van der Waals surface area contributed by atoms with E-state index in [1.807, 2.05) is 0 Å². The number of nitrogens with one attached hydrogen (secondary N) is 2. The van der Waals surface area contributed by atoms with Crippen molar-refractivity contribution in [2.45, 2.75) is 6.92 Å². The molecule has 0 amide bonds. The summed E-state index contributed by atoms with van der Waals surface area (Å²) in [6.45, 7) is 2.21. The minimum Gasteiger partial charge on any atom is -0.320 e. The molecular weight excluding hydrogens is 274 g/mol. The average Bonchev–Trinajstić information content (AvgIpc) is 2.29. The van der Waals surface area contributed by atoms with E-state index in [0.29, 0.717) is 22.8 Å². The maximum Gasteiger partial charge on any atom is 0.299 e. The Morgan fingerprint density at radius 2 is 2.17 bits per heavy atom. The van der Waals surface area contributed by atoms with Gasteiger partial charge in [-0.15, -0.1) is 0 Å². The van der Waals surface area contributed by atoms with Crippen LogP contribution in [0, 0.1) is 11.8 Å². The van der Waals surface area contributed by atoms with E-state index >= 15 is 0 Å². The van der Waals surface area contributed by atoms with Gasteiger partial charge in [0.2, 0.25) is 0 Å². The van der Waals surface area contributed by atoms with Gasteiger partial charge in [-0.2, -0.15) is 13.1 Å². The number of rotatable bonds is 4. The summed E-state index contributed by atoms with van der Waals surface area (Å²) in [6.07, 6.45) is 0. The molecule has 0 unspecified atom stereocenters. The van der Waals surface area contributed by atoms with Crippen LogP contribution < -0.4 is 15.2 Å². The monoisotopic (exact) mass is 287 g/mol. The molecule has 0 aliphatic carbocycles. The van der Waals surface area contributed by atoms with Crippen LogP contribution in [0.3, 0.4) is 0 Å². The molecule has 98 valence electrons. The smallest absolute Gasteiger partial charge is 0.299 e. The van der Waals surface area contributed by atoms with E-state index in [0.717, 1.165) is 0 Å². The molecule has 0 bridgehead atoms. The molecule has 0 spiro atoms. The van der Waals surface area contributed by atoms with Crippen LogP contribution in [-0.2, 0) is 10.2 Å². The molecule has 0 radical (unpaired) electrons. The summed E-state index contributed by atoms with van der Waals surface area (Å²) in [5.74, 6) is 5.43. The van der Waals surface area contributed by atoms with Gasteiger partial charge in [0, 0.05) is 12.1 Å². The molecule has 18 heavy (non-hydrogen) atoms. The van der Waals surface area contributed by atoms with E-state index in [-0.39, 0.29) is 6.54 Å². The summed E-state index contributed by atoms with van der Waals surface area (Å²) in [6, 6.07) is 4.69. The largest absolute Gasteiger partial charge is 0.320 e. The van der Waals surface area contributed by atoms with Crippen LogP contribution >= 0.6 is 11.6 Å². The highest BCUT2D eigenvalue weighted by molar-refractivity contribution is 7.90. The summed E-state index contributed by atoms with van der Waals surface area (Å²) < 4.78 is 27.7. The lowest BCUT2D eigenvalue weighted by atomic mass is 10.2. The van der Waals surface area contributed by atoms with Crippen LogP contribution in [0.15, 0.2) is 18.2 Å². The first-order chi connectivity index (χ1) is 8.48. The van der Waals surface area contributed by atoms with Crippen LogP contribution in [0.5, 0.6) is 0 Å². The van der Waals surface area contributed by atoms with Gasteiger partial charge in [-0.05, 0) is 18.2 Å². The first-order valence-electron chi connectivity index (χ1n) is 5.24. The zero-order valence-corrected chi connectivity index (χ0v) is 11.4. The molecule has 4 N–H and O–H groups in total. The molecule has 0 aliphatic rings. The fourth-order valence-electron chi connectivity index (χ4n) is 1.21. The van der Waals surface area contributed by atoms with Crippen molar-refractivity contribution < 1.29 is 8.42 Å². The second kappa shape index (κ2) is 6.61. The molecular formula is C11H14ClN3O2S. The topological polar surface area (TPSA) is 84.2 Å². The van der Waals surface area contributed by atoms with Gasteiger partial charge in [-0.1, -0.05) is 30.4 Å². The third kappa shape index (κ3) is 4.55. The van der Waals surface area contributed by atoms with Gasteiger partial charge in [0.15, 0.2) is 0 Å². The van der Waals surface area contributed by atoms with Crippen molar-refractivity contribution in [3.8, 4) is 11.8 Å². The highest BCUT2D eigenvalue weighted by Crippen LogP contribution is 2.20. The number of anilines is 1. The molecule has 0 aliphatic heterocycles. The molecule has 0 heterocycles. The molecule has 7 heteroatoms. The number of halogens is 1. The molecule has 0 atom stereocenters. The quantitative estimate of drug-likeness (QED) is 0.720. The van der Waals surface area contributed by atoms with Crippen molar-refractivity contribution in [1.29, 1.82) is 0 Å². The Kier molecular flexibility index (Phi) is 5.44. The molecule has 1 aromatic rings. The molecule has 1 aromatic carbocycles. The minimum atomic E-state index is -3.55. The third-order valence-electron chi connectivity index (χ3n) is 1.88. The molecule has 1 rings (SSSR count). The lowest BCUT2D eigenvalue weighted by molar-refractivity contribution is 0.589. The second-order valence-corrected chi connectivity index (χ2v) is 5.21. The molecule has 0 saturated carbocycles. The van der Waals surface area contributed by atoms with Crippen LogP contribution in [0.4, 0.5) is 5.69 Å². The third-order valence-corrected chi connectivity index (χ3v) is 3.38. The zero-order chi connectivity index (χ0) is 13.6. The van der Waals surface area contributed by atoms with Crippen LogP contribution in [-0.4, -0.2) is 21.5 Å². The number of hydrogen-bond acceptors (Lipinski definition) is 3. The van der Waals surface area contributed by atoms with Crippen molar-refractivity contribution >= 4 is 27.5 Å². The Bertz CT molecular complexity index is 576. The first-order valence-corrected chi connectivity index (χ1v) is 7.10. The Balaban J connectivity index is 2.99. The lowest BCUT2D eigenvalue weighted by Gasteiger charge is -2.08. The van der Waals surface area contributed by atoms with E-state index in [1.165, 1.54) is 0 Å². The fourth-order valence-corrected chi connectivity index (χ4v) is 2.27. The SMILES string of the molecule is CCNS(=O)(=O)Nc1ccc(Cl)c(C#CCN)c1. The van der Waals surface area contributed by atoms with Gasteiger partial charge in [0.05, 0.1) is 17.3 Å². The van der Waals surface area contributed by atoms with Gasteiger partial charge >= 0.3 is 0 Å². The van der Waals surface area contributed by atoms with E-state index in [2.05, 4.69) is 21.3 Å². The molecule has 5 nitrogen and oxygen atoms in total. The van der Waals surface area contributed by atoms with E-state index in [4.69, 9.17) is 17.3 Å². The van der Waals surface area contributed by atoms with E-state index in [9.17, 15) is 8.42 Å². The van der Waals surface area contributed by atoms with E-state index in [1.54, 1.807) is 25.1 Å². The van der Waals surface area contributed by atoms with Crippen LogP contribution in [0.2, 0.25) is 5.02 Å². The number of nitrogens with two attached hydrogens (primary N) is 1. The van der Waals surface area contributed by atoms with Crippen molar-refractivity contribution in [3.63, 3.8) is 0 Å². The predicted molar refractivity (Wildman–Crippen MR) is 73.6 cm³/mol. The number of hydrogen-bond donors (Lipinski definition) is 3. The Morgan fingerprint density at radius 1 is 1.44 bits per heavy atom. The summed E-state index contributed by atoms with van der Waals surface area (Å²) in [5, 5.41) is 0.447. The molecule has 0 fully saturated rings. The standard InChI is InChI=1S/C11H14ClN3O2S/c1-2-14-18(16,17)15-10-5-6-11(12)9(8-10)4-3-7-13/h5-6,8,14-15H,2,7,13H2,1H3. The number of benzene rings is 1. The maximum absolute atomic E-state index is 11.5. The summed E-state index contributed by atoms with van der Waals surface area (Å²) in [4.78, 5) is 0. The Labute approximate surface area is 112 Å². The Morgan fingerprint density at radius 3 is 2.78 bits per heavy atom. The van der Waals surface area contributed by atoms with Gasteiger partial charge in [-0.25, -0.2) is 0 Å². The fraction of sp³-hybridized carbons (Fsp3) is 0.273. The Hall–Kier alpha value is -1.26. The molecule has 0 aromatic heterocycles. The predicted octanol–water partition coefficient (Wildman–Crippen LogP) is 0.916. The first kappa shape index (κ1) is 14.8. The maximum atomic E-state index is 11.5. The normalized spacial score (nSPS) is 10.6. The minimum absolute atomic E-state index is 0.212. The second-order valence-electron chi connectivity index (χ2n) is 3.30. The summed E-state index contributed by atoms with van der Waals surface area (Å²) in [7, 11) is -3.55. The van der Waals surface area contributed by atoms with Gasteiger partial charge in [0.1, 0.15) is 0 Å². The highest BCUT2D eigenvalue weighted by Gasteiger charge is 2.08. The summed E-state index contributed by atoms with van der Waals surface area (Å²) >= 11 is 5.93. The van der Waals surface area contributed by atoms with Crippen molar-refractivity contribution in [3.05, 3.63) is 28.8 Å². The highest BCUT2D eigenvalue weighted by atomic mass is 35.5. The average molecular weight is 288 g/mol. The van der Waals surface area contributed by atoms with Gasteiger partial charge in [0.25, 0.3) is 10.2 Å². The van der Waals surface area contributed by atoms with Gasteiger partial charge in [-0.3, -0.25) is 4.72 Å². The van der Waals surface area contributed by atoms with Gasteiger partial charge < -0.3 is 5.73 Å². The lowest BCUT2D eigenvalue weighted by Crippen LogP contribution is -2.29. The van der Waals surface area contributed by atoms with Crippen molar-refractivity contribution in [2.24, 2.45) is 5.73 Å². The van der Waals surface area contributed by atoms with E-state index < -0.39 is 10.2 Å². The van der Waals surface area contributed by atoms with Crippen molar-refractivity contribution in [1.82, 2.24) is 4.72 Å². The summed E-state index contributed by atoms with van der Waals surface area (Å²) in [5.41, 5.74) is 6.18. The van der Waals surface area contributed by atoms with Crippen LogP contribution in [0.1, 0.15) is 12.5 Å².